The van der Waals surface area contributed by atoms with Gasteiger partial charge in [0, 0.05) is 12.1 Å². The largest absolute Gasteiger partial charge is 0.319 e. The van der Waals surface area contributed by atoms with E-state index in [-0.39, 0.29) is 36.2 Å². The van der Waals surface area contributed by atoms with Crippen LogP contribution in [0.4, 0.5) is 11.4 Å². The summed E-state index contributed by atoms with van der Waals surface area (Å²) in [7, 11) is 1.93. The Morgan fingerprint density at radius 2 is 2.13 bits per heavy atom. The normalized spacial score (nSPS) is 17.9. The third-order valence-corrected chi connectivity index (χ3v) is 3.94. The number of hydrogen-bond acceptors (Lipinski definition) is 5. The number of nitro groups is 1. The fourth-order valence-electron chi connectivity index (χ4n) is 2.73. The smallest absolute Gasteiger partial charge is 0.292 e. The molecule has 0 saturated carbocycles. The van der Waals surface area contributed by atoms with Crippen LogP contribution >= 0.6 is 12.4 Å². The molecule has 128 valence electrons. The van der Waals surface area contributed by atoms with E-state index in [9.17, 15) is 14.9 Å². The van der Waals surface area contributed by atoms with Gasteiger partial charge in [0.25, 0.3) is 5.69 Å². The van der Waals surface area contributed by atoms with Crippen LogP contribution in [0.1, 0.15) is 19.3 Å². The number of amides is 1. The van der Waals surface area contributed by atoms with Crippen molar-refractivity contribution in [3.8, 4) is 0 Å². The average Bonchev–Trinajstić information content (AvgIpc) is 2.76. The number of para-hydroxylation sites is 2. The van der Waals surface area contributed by atoms with Gasteiger partial charge in [0.15, 0.2) is 0 Å². The van der Waals surface area contributed by atoms with E-state index >= 15 is 0 Å². The number of nitro benzene ring substituents is 1. The number of nitrogens with zero attached hydrogens (tertiary/aromatic N) is 2. The molecule has 0 radical (unpaired) electrons. The molecule has 1 aliphatic heterocycles. The van der Waals surface area contributed by atoms with Crippen molar-refractivity contribution in [3.05, 3.63) is 34.4 Å². The van der Waals surface area contributed by atoms with Gasteiger partial charge in [0.05, 0.1) is 11.5 Å². The molecular weight excluding hydrogens is 320 g/mol. The van der Waals surface area contributed by atoms with Gasteiger partial charge in [-0.05, 0) is 45.5 Å². The Morgan fingerprint density at radius 3 is 2.87 bits per heavy atom. The van der Waals surface area contributed by atoms with Gasteiger partial charge in [-0.1, -0.05) is 12.1 Å². The molecule has 1 fully saturated rings. The Morgan fingerprint density at radius 1 is 1.39 bits per heavy atom. The molecular formula is C15H23ClN4O3. The second-order valence-electron chi connectivity index (χ2n) is 5.57. The summed E-state index contributed by atoms with van der Waals surface area (Å²) in [6.45, 7) is 2.21. The standard InChI is InChI=1S/C15H22N4O3.ClH/c1-18(12-5-4-9-16-10-8-12)11-15(20)17-13-6-2-3-7-14(13)19(21)22;/h2-3,6-7,12,16H,4-5,8-11H2,1H3,(H,17,20);1H. The van der Waals surface area contributed by atoms with E-state index in [1.54, 1.807) is 18.2 Å². The highest BCUT2D eigenvalue weighted by Crippen LogP contribution is 2.23. The monoisotopic (exact) mass is 342 g/mol. The predicted octanol–water partition coefficient (Wildman–Crippen LogP) is 2.03. The van der Waals surface area contributed by atoms with Crippen molar-refractivity contribution < 1.29 is 9.72 Å². The SMILES string of the molecule is CN(CC(=O)Nc1ccccc1[N+](=O)[O-])C1CCCNCC1.Cl. The van der Waals surface area contributed by atoms with Crippen LogP contribution in [0.15, 0.2) is 24.3 Å². The van der Waals surface area contributed by atoms with Crippen molar-refractivity contribution in [3.63, 3.8) is 0 Å². The van der Waals surface area contributed by atoms with Gasteiger partial charge in [-0.25, -0.2) is 0 Å². The van der Waals surface area contributed by atoms with Gasteiger partial charge in [0.1, 0.15) is 5.69 Å². The first-order valence-corrected chi connectivity index (χ1v) is 7.52. The van der Waals surface area contributed by atoms with Gasteiger partial charge in [0.2, 0.25) is 5.91 Å². The number of rotatable bonds is 5. The van der Waals surface area contributed by atoms with E-state index in [1.807, 2.05) is 11.9 Å². The van der Waals surface area contributed by atoms with Crippen LogP contribution in [0.2, 0.25) is 0 Å². The summed E-state index contributed by atoms with van der Waals surface area (Å²) in [6.07, 6.45) is 3.16. The van der Waals surface area contributed by atoms with Crippen molar-refractivity contribution >= 4 is 29.7 Å². The van der Waals surface area contributed by atoms with Gasteiger partial charge >= 0.3 is 0 Å². The topological polar surface area (TPSA) is 87.5 Å². The van der Waals surface area contributed by atoms with Gasteiger partial charge in [-0.3, -0.25) is 19.8 Å². The van der Waals surface area contributed by atoms with Crippen LogP contribution in [-0.4, -0.2) is 48.5 Å². The zero-order valence-corrected chi connectivity index (χ0v) is 14.0. The highest BCUT2D eigenvalue weighted by molar-refractivity contribution is 5.94. The van der Waals surface area contributed by atoms with Crippen molar-refractivity contribution in [1.29, 1.82) is 0 Å². The number of halogens is 1. The lowest BCUT2D eigenvalue weighted by Crippen LogP contribution is -2.38. The van der Waals surface area contributed by atoms with Gasteiger partial charge < -0.3 is 10.6 Å². The Balaban J connectivity index is 0.00000264. The molecule has 8 heteroatoms. The Kier molecular flexibility index (Phi) is 7.94. The van der Waals surface area contributed by atoms with Crippen LogP contribution in [0.25, 0.3) is 0 Å². The van der Waals surface area contributed by atoms with E-state index < -0.39 is 4.92 Å². The molecule has 1 amide bonds. The third-order valence-electron chi connectivity index (χ3n) is 3.94. The molecule has 2 rings (SSSR count). The molecule has 1 saturated heterocycles. The van der Waals surface area contributed by atoms with Crippen molar-refractivity contribution in [2.24, 2.45) is 0 Å². The second-order valence-corrected chi connectivity index (χ2v) is 5.57. The first kappa shape index (κ1) is 19.3. The quantitative estimate of drug-likeness (QED) is 0.631. The van der Waals surface area contributed by atoms with Crippen molar-refractivity contribution in [1.82, 2.24) is 10.2 Å². The number of nitrogens with one attached hydrogen (secondary N) is 2. The maximum absolute atomic E-state index is 12.1. The lowest BCUT2D eigenvalue weighted by molar-refractivity contribution is -0.383. The van der Waals surface area contributed by atoms with E-state index in [4.69, 9.17) is 0 Å². The molecule has 0 aliphatic carbocycles. The molecule has 2 N–H and O–H groups in total. The summed E-state index contributed by atoms with van der Waals surface area (Å²) < 4.78 is 0. The minimum Gasteiger partial charge on any atom is -0.319 e. The van der Waals surface area contributed by atoms with Crippen LogP contribution in [0.3, 0.4) is 0 Å². The molecule has 1 heterocycles. The Labute approximate surface area is 142 Å². The zero-order valence-electron chi connectivity index (χ0n) is 13.2. The van der Waals surface area contributed by atoms with E-state index in [0.29, 0.717) is 6.04 Å². The van der Waals surface area contributed by atoms with E-state index in [0.717, 1.165) is 32.4 Å². The number of benzene rings is 1. The summed E-state index contributed by atoms with van der Waals surface area (Å²) in [5.74, 6) is -0.228. The lowest BCUT2D eigenvalue weighted by Gasteiger charge is -2.26. The third kappa shape index (κ3) is 5.78. The molecule has 23 heavy (non-hydrogen) atoms. The number of carbonyl (C=O) groups excluding carboxylic acids is 1. The molecule has 0 aromatic heterocycles. The molecule has 1 atom stereocenters. The Bertz CT molecular complexity index is 533. The molecule has 7 nitrogen and oxygen atoms in total. The van der Waals surface area contributed by atoms with Crippen LogP contribution in [0, 0.1) is 10.1 Å². The summed E-state index contributed by atoms with van der Waals surface area (Å²) in [4.78, 5) is 24.6. The molecule has 1 aromatic rings. The summed E-state index contributed by atoms with van der Waals surface area (Å²) in [5, 5.41) is 16.9. The number of likely N-dealkylation sites (N-methyl/N-ethyl adjacent to an activating group) is 1. The molecule has 1 unspecified atom stereocenters. The molecule has 0 bridgehead atoms. The maximum atomic E-state index is 12.1. The average molecular weight is 343 g/mol. The Hall–Kier alpha value is -1.70. The molecule has 1 aliphatic rings. The molecule has 1 aromatic carbocycles. The van der Waals surface area contributed by atoms with E-state index in [1.165, 1.54) is 6.07 Å². The fraction of sp³-hybridized carbons (Fsp3) is 0.533. The maximum Gasteiger partial charge on any atom is 0.292 e. The lowest BCUT2D eigenvalue weighted by atomic mass is 10.1. The zero-order chi connectivity index (χ0) is 15.9. The molecule has 0 spiro atoms. The number of carbonyl (C=O) groups is 1. The fourth-order valence-corrected chi connectivity index (χ4v) is 2.73. The minimum absolute atomic E-state index is 0. The second kappa shape index (κ2) is 9.44. The highest BCUT2D eigenvalue weighted by atomic mass is 35.5. The van der Waals surface area contributed by atoms with Crippen molar-refractivity contribution in [2.75, 3.05) is 32.0 Å². The number of anilines is 1. The predicted molar refractivity (Wildman–Crippen MR) is 92.1 cm³/mol. The summed E-state index contributed by atoms with van der Waals surface area (Å²) >= 11 is 0. The van der Waals surface area contributed by atoms with Gasteiger partial charge in [-0.2, -0.15) is 0 Å². The highest BCUT2D eigenvalue weighted by Gasteiger charge is 2.20. The summed E-state index contributed by atoms with van der Waals surface area (Å²) in [6, 6.07) is 6.55. The van der Waals surface area contributed by atoms with Crippen molar-refractivity contribution in [2.45, 2.75) is 25.3 Å². The minimum atomic E-state index is -0.490. The summed E-state index contributed by atoms with van der Waals surface area (Å²) in [5.41, 5.74) is 0.158. The van der Waals surface area contributed by atoms with E-state index in [2.05, 4.69) is 10.6 Å². The number of hydrogen-bond donors (Lipinski definition) is 2. The van der Waals surface area contributed by atoms with Gasteiger partial charge in [-0.15, -0.1) is 12.4 Å². The van der Waals surface area contributed by atoms with Crippen LogP contribution in [-0.2, 0) is 4.79 Å². The first-order chi connectivity index (χ1) is 10.6. The van der Waals surface area contributed by atoms with Crippen LogP contribution in [0.5, 0.6) is 0 Å². The van der Waals surface area contributed by atoms with Crippen LogP contribution < -0.4 is 10.6 Å². The first-order valence-electron chi connectivity index (χ1n) is 7.52.